The van der Waals surface area contributed by atoms with Gasteiger partial charge in [0, 0.05) is 17.5 Å². The highest BCUT2D eigenvalue weighted by atomic mass is 32.2. The molecule has 9 atom stereocenters. The summed E-state index contributed by atoms with van der Waals surface area (Å²) in [6.45, 7) is 1.96. The molecule has 6 N–H and O–H groups in total. The smallest absolute Gasteiger partial charge is 0.406 e. The second kappa shape index (κ2) is 12.5. The quantitative estimate of drug-likeness (QED) is 0.256. The molecule has 2 fully saturated rings. The van der Waals surface area contributed by atoms with Crippen molar-refractivity contribution in [2.24, 2.45) is 0 Å². The van der Waals surface area contributed by atoms with Crippen LogP contribution >= 0.6 is 23.5 Å². The number of hydrogen-bond acceptors (Lipinski definition) is 10. The first-order valence-electron chi connectivity index (χ1n) is 11.3. The van der Waals surface area contributed by atoms with E-state index < -0.39 is 60.3 Å². The standard InChI is InChI=1S/C22H31F3N2O7S2/c1-10(28)15(19-17(30)16(29)18(31)21(33-19)35-2)27-20(32)14-7-13(8-26-14)36-9-11-3-5-12(6-4-11)34-22(23,24)25/h3-6,10,13-19,21,26,28-31H,7-9H2,1-2H3,(H,27,32). The van der Waals surface area contributed by atoms with Crippen molar-refractivity contribution in [2.75, 3.05) is 12.8 Å². The van der Waals surface area contributed by atoms with Crippen LogP contribution < -0.4 is 15.4 Å². The molecule has 9 nitrogen and oxygen atoms in total. The van der Waals surface area contributed by atoms with Crippen LogP contribution in [0, 0.1) is 0 Å². The van der Waals surface area contributed by atoms with Gasteiger partial charge in [-0.15, -0.1) is 24.9 Å². The predicted molar refractivity (Wildman–Crippen MR) is 128 cm³/mol. The number of aliphatic hydroxyl groups is 4. The zero-order valence-corrected chi connectivity index (χ0v) is 21.2. The average molecular weight is 557 g/mol. The summed E-state index contributed by atoms with van der Waals surface area (Å²) in [7, 11) is 0. The summed E-state index contributed by atoms with van der Waals surface area (Å²) in [5, 5.41) is 46.8. The zero-order chi connectivity index (χ0) is 26.6. The van der Waals surface area contributed by atoms with Gasteiger partial charge in [0.2, 0.25) is 5.91 Å². The molecule has 204 valence electrons. The molecule has 1 aromatic carbocycles. The van der Waals surface area contributed by atoms with Gasteiger partial charge in [0.15, 0.2) is 0 Å². The van der Waals surface area contributed by atoms with Crippen LogP contribution in [0.1, 0.15) is 18.9 Å². The summed E-state index contributed by atoms with van der Waals surface area (Å²) >= 11 is 2.69. The van der Waals surface area contributed by atoms with E-state index in [0.29, 0.717) is 18.7 Å². The molecule has 2 aliphatic heterocycles. The lowest BCUT2D eigenvalue weighted by atomic mass is 9.92. The number of carbonyl (C=O) groups is 1. The molecule has 0 radical (unpaired) electrons. The highest BCUT2D eigenvalue weighted by molar-refractivity contribution is 7.99. The lowest BCUT2D eigenvalue weighted by Gasteiger charge is -2.44. The molecule has 2 heterocycles. The van der Waals surface area contributed by atoms with Gasteiger partial charge in [0.25, 0.3) is 0 Å². The molecule has 2 saturated heterocycles. The zero-order valence-electron chi connectivity index (χ0n) is 19.6. The Morgan fingerprint density at radius 1 is 1.22 bits per heavy atom. The third kappa shape index (κ3) is 7.63. The normalized spacial score (nSPS) is 32.6. The second-order valence-corrected chi connectivity index (χ2v) is 11.0. The van der Waals surface area contributed by atoms with Gasteiger partial charge in [-0.25, -0.2) is 0 Å². The predicted octanol–water partition coefficient (Wildman–Crippen LogP) is 0.585. The van der Waals surface area contributed by atoms with Crippen LogP contribution in [-0.4, -0.2) is 98.8 Å². The van der Waals surface area contributed by atoms with E-state index in [0.717, 1.165) is 17.3 Å². The van der Waals surface area contributed by atoms with Crippen molar-refractivity contribution in [3.05, 3.63) is 29.8 Å². The highest BCUT2D eigenvalue weighted by Crippen LogP contribution is 2.30. The van der Waals surface area contributed by atoms with E-state index in [2.05, 4.69) is 15.4 Å². The fourth-order valence-electron chi connectivity index (χ4n) is 4.14. The van der Waals surface area contributed by atoms with Crippen LogP contribution in [0.15, 0.2) is 24.3 Å². The number of nitrogens with one attached hydrogen (secondary N) is 2. The number of ether oxygens (including phenoxy) is 2. The van der Waals surface area contributed by atoms with Crippen LogP contribution in [0.2, 0.25) is 0 Å². The Bertz CT molecular complexity index is 863. The highest BCUT2D eigenvalue weighted by Gasteiger charge is 2.48. The van der Waals surface area contributed by atoms with Crippen molar-refractivity contribution in [1.82, 2.24) is 10.6 Å². The van der Waals surface area contributed by atoms with Crippen molar-refractivity contribution in [2.45, 2.75) is 78.7 Å². The van der Waals surface area contributed by atoms with Crippen molar-refractivity contribution >= 4 is 29.4 Å². The van der Waals surface area contributed by atoms with E-state index in [1.807, 2.05) is 0 Å². The maximum atomic E-state index is 12.9. The van der Waals surface area contributed by atoms with Crippen molar-refractivity contribution in [3.63, 3.8) is 0 Å². The number of rotatable bonds is 9. The second-order valence-electron chi connectivity index (χ2n) is 8.77. The van der Waals surface area contributed by atoms with Gasteiger partial charge in [-0.3, -0.25) is 4.79 Å². The molecule has 3 rings (SSSR count). The molecule has 36 heavy (non-hydrogen) atoms. The summed E-state index contributed by atoms with van der Waals surface area (Å²) in [4.78, 5) is 12.9. The summed E-state index contributed by atoms with van der Waals surface area (Å²) < 4.78 is 46.4. The molecule has 0 aromatic heterocycles. The molecule has 0 bridgehead atoms. The van der Waals surface area contributed by atoms with Crippen LogP contribution in [0.3, 0.4) is 0 Å². The average Bonchev–Trinajstić information content (AvgIpc) is 3.29. The number of thioether (sulfide) groups is 2. The molecule has 2 aliphatic rings. The van der Waals surface area contributed by atoms with Gasteiger partial charge in [-0.05, 0) is 37.3 Å². The number of alkyl halides is 3. The number of carbonyl (C=O) groups excluding carboxylic acids is 1. The number of aliphatic hydroxyl groups excluding tert-OH is 4. The van der Waals surface area contributed by atoms with Gasteiger partial charge in [0.1, 0.15) is 35.6 Å². The Morgan fingerprint density at radius 2 is 1.89 bits per heavy atom. The van der Waals surface area contributed by atoms with E-state index in [-0.39, 0.29) is 11.0 Å². The molecular weight excluding hydrogens is 525 g/mol. The molecular formula is C22H31F3N2O7S2. The van der Waals surface area contributed by atoms with Gasteiger partial charge >= 0.3 is 6.36 Å². The number of hydrogen-bond donors (Lipinski definition) is 6. The summed E-state index contributed by atoms with van der Waals surface area (Å²) in [6.07, 6.45) is -9.20. The number of amides is 1. The Balaban J connectivity index is 1.52. The van der Waals surface area contributed by atoms with Crippen molar-refractivity contribution in [3.8, 4) is 5.75 Å². The minimum absolute atomic E-state index is 0.0613. The fourth-order valence-corrected chi connectivity index (χ4v) is 5.98. The Morgan fingerprint density at radius 3 is 2.47 bits per heavy atom. The van der Waals surface area contributed by atoms with E-state index in [9.17, 15) is 38.4 Å². The van der Waals surface area contributed by atoms with E-state index in [4.69, 9.17) is 4.74 Å². The molecule has 1 amide bonds. The van der Waals surface area contributed by atoms with E-state index >= 15 is 0 Å². The maximum Gasteiger partial charge on any atom is 0.573 e. The summed E-state index contributed by atoms with van der Waals surface area (Å²) in [6, 6.07) is 4.01. The summed E-state index contributed by atoms with van der Waals surface area (Å²) in [5.41, 5.74) is -0.0323. The Hall–Kier alpha value is -1.26. The first kappa shape index (κ1) is 29.3. The van der Waals surface area contributed by atoms with E-state index in [1.165, 1.54) is 19.1 Å². The van der Waals surface area contributed by atoms with E-state index in [1.54, 1.807) is 30.2 Å². The largest absolute Gasteiger partial charge is 0.573 e. The van der Waals surface area contributed by atoms with Crippen LogP contribution in [0.25, 0.3) is 0 Å². The van der Waals surface area contributed by atoms with Gasteiger partial charge < -0.3 is 40.5 Å². The Labute approximate surface area is 215 Å². The van der Waals surface area contributed by atoms with Crippen LogP contribution in [-0.2, 0) is 15.3 Å². The number of benzene rings is 1. The van der Waals surface area contributed by atoms with Crippen LogP contribution in [0.5, 0.6) is 5.75 Å². The van der Waals surface area contributed by atoms with Gasteiger partial charge in [-0.1, -0.05) is 12.1 Å². The third-order valence-corrected chi connectivity index (χ3v) is 8.26. The lowest BCUT2D eigenvalue weighted by Crippen LogP contribution is -2.65. The minimum Gasteiger partial charge on any atom is -0.406 e. The molecule has 0 aliphatic carbocycles. The topological polar surface area (TPSA) is 141 Å². The molecule has 9 unspecified atom stereocenters. The van der Waals surface area contributed by atoms with Gasteiger partial charge in [-0.2, -0.15) is 11.8 Å². The molecule has 0 spiro atoms. The maximum absolute atomic E-state index is 12.9. The first-order chi connectivity index (χ1) is 16.9. The fraction of sp³-hybridized carbons (Fsp3) is 0.682. The van der Waals surface area contributed by atoms with Gasteiger partial charge in [0.05, 0.1) is 18.2 Å². The molecule has 1 aromatic rings. The first-order valence-corrected chi connectivity index (χ1v) is 13.6. The van der Waals surface area contributed by atoms with Crippen LogP contribution in [0.4, 0.5) is 13.2 Å². The minimum atomic E-state index is -4.74. The monoisotopic (exact) mass is 556 g/mol. The third-order valence-electron chi connectivity index (χ3n) is 6.07. The Kier molecular flexibility index (Phi) is 10.2. The van der Waals surface area contributed by atoms with Crippen molar-refractivity contribution < 1.29 is 47.9 Å². The lowest BCUT2D eigenvalue weighted by molar-refractivity contribution is -0.274. The molecule has 14 heteroatoms. The SMILES string of the molecule is CSC1OC(C(NC(=O)C2CC(SCc3ccc(OC(F)(F)F)cc3)CN2)C(C)O)C(O)C(O)C1O. The number of halogens is 3. The molecule has 0 saturated carbocycles. The van der Waals surface area contributed by atoms with Crippen molar-refractivity contribution in [1.29, 1.82) is 0 Å². The summed E-state index contributed by atoms with van der Waals surface area (Å²) in [5.74, 6) is -0.169.